The number of hydrogen-bond acceptors (Lipinski definition) is 4. The number of thiophene rings is 1. The van der Waals surface area contributed by atoms with E-state index in [2.05, 4.69) is 10.3 Å². The quantitative estimate of drug-likeness (QED) is 0.507. The van der Waals surface area contributed by atoms with Gasteiger partial charge in [-0.2, -0.15) is 0 Å². The highest BCUT2D eigenvalue weighted by Crippen LogP contribution is 2.35. The van der Waals surface area contributed by atoms with Crippen molar-refractivity contribution in [2.24, 2.45) is 11.8 Å². The summed E-state index contributed by atoms with van der Waals surface area (Å²) in [6.45, 7) is 1.54. The molecule has 0 saturated heterocycles. The first-order valence-electron chi connectivity index (χ1n) is 6.99. The monoisotopic (exact) mass is 307 g/mol. The zero-order valence-corrected chi connectivity index (χ0v) is 12.7. The predicted molar refractivity (Wildman–Crippen MR) is 82.5 cm³/mol. The maximum absolute atomic E-state index is 14.2. The van der Waals surface area contributed by atoms with E-state index in [1.54, 1.807) is 6.07 Å². The van der Waals surface area contributed by atoms with E-state index < -0.39 is 0 Å². The lowest BCUT2D eigenvalue weighted by molar-refractivity contribution is 0.0956. The zero-order valence-electron chi connectivity index (χ0n) is 11.9. The van der Waals surface area contributed by atoms with E-state index in [0.29, 0.717) is 16.8 Å². The maximum Gasteiger partial charge on any atom is 0.275 e. The van der Waals surface area contributed by atoms with Gasteiger partial charge in [-0.15, -0.1) is 11.3 Å². The minimum absolute atomic E-state index is 0.283. The molecule has 0 bridgehead atoms. The number of carbonyl (C=O) groups is 1. The van der Waals surface area contributed by atoms with Crippen molar-refractivity contribution >= 4 is 27.3 Å². The number of rotatable bonds is 5. The second-order valence-corrected chi connectivity index (χ2v) is 6.69. The van der Waals surface area contributed by atoms with Crippen LogP contribution in [0.15, 0.2) is 18.2 Å². The SMILES string of the molecule is CN(Cc1c(C(=O)NN)sc2cccc(F)c12)CC1CC1. The largest absolute Gasteiger partial charge is 0.302 e. The number of nitrogen functional groups attached to an aromatic ring is 1. The molecule has 21 heavy (non-hydrogen) atoms. The molecule has 0 aliphatic heterocycles. The van der Waals surface area contributed by atoms with Crippen LogP contribution in [0.25, 0.3) is 10.1 Å². The summed E-state index contributed by atoms with van der Waals surface area (Å²) >= 11 is 1.29. The van der Waals surface area contributed by atoms with E-state index in [0.717, 1.165) is 22.7 Å². The molecule has 1 saturated carbocycles. The predicted octanol–water partition coefficient (Wildman–Crippen LogP) is 2.49. The molecule has 1 heterocycles. The Morgan fingerprint density at radius 3 is 2.95 bits per heavy atom. The molecule has 0 atom stereocenters. The van der Waals surface area contributed by atoms with E-state index in [-0.39, 0.29) is 11.7 Å². The minimum Gasteiger partial charge on any atom is -0.302 e. The zero-order chi connectivity index (χ0) is 15.0. The number of fused-ring (bicyclic) bond motifs is 1. The van der Waals surface area contributed by atoms with E-state index in [9.17, 15) is 9.18 Å². The first-order chi connectivity index (χ1) is 10.1. The van der Waals surface area contributed by atoms with Crippen LogP contribution in [0.2, 0.25) is 0 Å². The summed E-state index contributed by atoms with van der Waals surface area (Å²) in [4.78, 5) is 14.6. The molecule has 1 amide bonds. The summed E-state index contributed by atoms with van der Waals surface area (Å²) in [5, 5.41) is 0.545. The van der Waals surface area contributed by atoms with Crippen molar-refractivity contribution in [3.8, 4) is 0 Å². The molecular formula is C15H18FN3OS. The second kappa shape index (κ2) is 5.71. The normalized spacial score (nSPS) is 14.9. The van der Waals surface area contributed by atoms with Crippen molar-refractivity contribution in [2.75, 3.05) is 13.6 Å². The lowest BCUT2D eigenvalue weighted by Crippen LogP contribution is -2.31. The number of nitrogens with one attached hydrogen (secondary N) is 1. The van der Waals surface area contributed by atoms with Crippen molar-refractivity contribution in [3.63, 3.8) is 0 Å². The Morgan fingerprint density at radius 2 is 2.29 bits per heavy atom. The summed E-state index contributed by atoms with van der Waals surface area (Å²) in [6, 6.07) is 4.93. The van der Waals surface area contributed by atoms with Crippen molar-refractivity contribution in [1.29, 1.82) is 0 Å². The van der Waals surface area contributed by atoms with Crippen LogP contribution in [0.4, 0.5) is 4.39 Å². The molecule has 6 heteroatoms. The average molecular weight is 307 g/mol. The molecule has 1 aliphatic rings. The van der Waals surface area contributed by atoms with E-state index in [1.807, 2.05) is 13.1 Å². The Bertz CT molecular complexity index is 681. The Hall–Kier alpha value is -1.50. The summed E-state index contributed by atoms with van der Waals surface area (Å²) in [6.07, 6.45) is 2.53. The summed E-state index contributed by atoms with van der Waals surface area (Å²) < 4.78 is 15.0. The van der Waals surface area contributed by atoms with E-state index in [4.69, 9.17) is 5.84 Å². The van der Waals surface area contributed by atoms with Crippen LogP contribution in [0.5, 0.6) is 0 Å². The molecule has 0 radical (unpaired) electrons. The van der Waals surface area contributed by atoms with Crippen LogP contribution < -0.4 is 11.3 Å². The molecule has 1 aromatic carbocycles. The van der Waals surface area contributed by atoms with Crippen molar-refractivity contribution in [2.45, 2.75) is 19.4 Å². The number of hydrogen-bond donors (Lipinski definition) is 2. The third-order valence-corrected chi connectivity index (χ3v) is 4.99. The van der Waals surface area contributed by atoms with Gasteiger partial charge >= 0.3 is 0 Å². The van der Waals surface area contributed by atoms with Gasteiger partial charge in [0.1, 0.15) is 5.82 Å². The van der Waals surface area contributed by atoms with E-state index in [1.165, 1.54) is 30.2 Å². The number of nitrogens with two attached hydrogens (primary N) is 1. The first-order valence-corrected chi connectivity index (χ1v) is 7.81. The van der Waals surface area contributed by atoms with Gasteiger partial charge < -0.3 is 4.90 Å². The fourth-order valence-corrected chi connectivity index (χ4v) is 3.77. The van der Waals surface area contributed by atoms with Gasteiger partial charge in [0.15, 0.2) is 0 Å². The number of amides is 1. The number of nitrogens with zero attached hydrogens (tertiary/aromatic N) is 1. The molecule has 4 nitrogen and oxygen atoms in total. The van der Waals surface area contributed by atoms with Crippen molar-refractivity contribution in [1.82, 2.24) is 10.3 Å². The molecule has 112 valence electrons. The molecule has 3 N–H and O–H groups in total. The molecule has 0 spiro atoms. The van der Waals surface area contributed by atoms with Crippen LogP contribution in [0.3, 0.4) is 0 Å². The fraction of sp³-hybridized carbons (Fsp3) is 0.400. The molecular weight excluding hydrogens is 289 g/mol. The maximum atomic E-state index is 14.2. The molecule has 1 aromatic heterocycles. The number of carbonyl (C=O) groups excluding carboxylic acids is 1. The molecule has 0 unspecified atom stereocenters. The van der Waals surface area contributed by atoms with Crippen molar-refractivity contribution in [3.05, 3.63) is 34.5 Å². The number of halogens is 1. The summed E-state index contributed by atoms with van der Waals surface area (Å²) in [7, 11) is 2.01. The van der Waals surface area contributed by atoms with Crippen molar-refractivity contribution < 1.29 is 9.18 Å². The van der Waals surface area contributed by atoms with Gasteiger partial charge in [0.05, 0.1) is 4.88 Å². The Morgan fingerprint density at radius 1 is 1.52 bits per heavy atom. The minimum atomic E-state index is -0.356. The Kier molecular flexibility index (Phi) is 3.93. The van der Waals surface area contributed by atoms with Gasteiger partial charge in [-0.3, -0.25) is 10.2 Å². The molecule has 1 aliphatic carbocycles. The molecule has 2 aromatic rings. The topological polar surface area (TPSA) is 58.4 Å². The number of hydrazine groups is 1. The second-order valence-electron chi connectivity index (χ2n) is 5.64. The lowest BCUT2D eigenvalue weighted by Gasteiger charge is -2.17. The third-order valence-electron chi connectivity index (χ3n) is 3.80. The molecule has 3 rings (SSSR count). The van der Waals surface area contributed by atoms with Gasteiger partial charge in [0.25, 0.3) is 5.91 Å². The first kappa shape index (κ1) is 14.4. The fourth-order valence-electron chi connectivity index (χ4n) is 2.64. The van der Waals surface area contributed by atoms with Crippen LogP contribution in [0.1, 0.15) is 28.1 Å². The molecule has 1 fully saturated rings. The summed E-state index contributed by atoms with van der Waals surface area (Å²) in [5.41, 5.74) is 2.89. The van der Waals surface area contributed by atoms with Gasteiger partial charge in [-0.25, -0.2) is 10.2 Å². The van der Waals surface area contributed by atoms with Crippen LogP contribution in [-0.2, 0) is 6.54 Å². The number of benzene rings is 1. The average Bonchev–Trinajstić information content (AvgIpc) is 3.19. The van der Waals surface area contributed by atoms with Gasteiger partial charge in [0, 0.05) is 28.7 Å². The van der Waals surface area contributed by atoms with Gasteiger partial charge in [-0.1, -0.05) is 6.07 Å². The Balaban J connectivity index is 2.01. The lowest BCUT2D eigenvalue weighted by atomic mass is 10.1. The third kappa shape index (κ3) is 2.92. The van der Waals surface area contributed by atoms with Crippen LogP contribution in [-0.4, -0.2) is 24.4 Å². The van der Waals surface area contributed by atoms with Crippen LogP contribution >= 0.6 is 11.3 Å². The van der Waals surface area contributed by atoms with Crippen LogP contribution in [0, 0.1) is 11.7 Å². The van der Waals surface area contributed by atoms with E-state index >= 15 is 0 Å². The Labute approximate surface area is 126 Å². The highest BCUT2D eigenvalue weighted by Gasteiger charge is 2.25. The standard InChI is InChI=1S/C15H18FN3OS/c1-19(7-9-5-6-9)8-10-13-11(16)3-2-4-12(13)21-14(10)15(20)18-17/h2-4,9H,5-8,17H2,1H3,(H,18,20). The summed E-state index contributed by atoms with van der Waals surface area (Å²) in [5.74, 6) is 5.36. The smallest absolute Gasteiger partial charge is 0.275 e. The van der Waals surface area contributed by atoms with Gasteiger partial charge in [0.2, 0.25) is 0 Å². The highest BCUT2D eigenvalue weighted by atomic mass is 32.1. The van der Waals surface area contributed by atoms with Gasteiger partial charge in [-0.05, 0) is 37.9 Å². The highest BCUT2D eigenvalue weighted by molar-refractivity contribution is 7.21.